The zero-order valence-electron chi connectivity index (χ0n) is 17.8. The van der Waals surface area contributed by atoms with Gasteiger partial charge in [-0.15, -0.1) is 0 Å². The predicted molar refractivity (Wildman–Crippen MR) is 114 cm³/mol. The highest BCUT2D eigenvalue weighted by atomic mass is 19.4. The molecule has 0 bridgehead atoms. The molecule has 0 radical (unpaired) electrons. The van der Waals surface area contributed by atoms with E-state index in [0.29, 0.717) is 28.2 Å². The van der Waals surface area contributed by atoms with Gasteiger partial charge in [-0.1, -0.05) is 30.3 Å². The van der Waals surface area contributed by atoms with E-state index in [-0.39, 0.29) is 6.61 Å². The first-order chi connectivity index (χ1) is 15.7. The summed E-state index contributed by atoms with van der Waals surface area (Å²) in [6.07, 6.45) is -1.45. The van der Waals surface area contributed by atoms with E-state index in [1.54, 1.807) is 44.2 Å². The van der Waals surface area contributed by atoms with Gasteiger partial charge >= 0.3 is 12.1 Å². The fourth-order valence-electron chi connectivity index (χ4n) is 3.49. The Morgan fingerprint density at radius 3 is 2.36 bits per heavy atom. The molecule has 6 nitrogen and oxygen atoms in total. The number of para-hydroxylation sites is 1. The Kier molecular flexibility index (Phi) is 5.80. The molecule has 4 aromatic rings. The number of alkyl halides is 3. The molecule has 2 aromatic carbocycles. The van der Waals surface area contributed by atoms with Crippen LogP contribution in [0.5, 0.6) is 5.75 Å². The van der Waals surface area contributed by atoms with Gasteiger partial charge in [-0.05, 0) is 49.7 Å². The van der Waals surface area contributed by atoms with E-state index in [2.05, 4.69) is 10.1 Å². The summed E-state index contributed by atoms with van der Waals surface area (Å²) in [6.45, 7) is 3.42. The van der Waals surface area contributed by atoms with Crippen LogP contribution in [-0.4, -0.2) is 27.2 Å². The molecule has 2 aromatic heterocycles. The molecule has 0 aliphatic heterocycles. The van der Waals surface area contributed by atoms with Gasteiger partial charge in [0.15, 0.2) is 5.65 Å². The minimum absolute atomic E-state index is 0.150. The van der Waals surface area contributed by atoms with E-state index in [1.165, 1.54) is 29.0 Å². The molecule has 2 heterocycles. The smallest absolute Gasteiger partial charge is 0.416 e. The SMILES string of the molecule is CCOC(=O)C(C)(Oc1ccccc1)c1ccnc2c(-c3ccc(C(F)(F)F)cc3)cnn12. The number of carbonyl (C=O) groups excluding carboxylic acids is 1. The molecule has 0 aliphatic rings. The highest BCUT2D eigenvalue weighted by molar-refractivity contribution is 5.82. The number of aromatic nitrogens is 3. The zero-order valence-corrected chi connectivity index (χ0v) is 17.8. The van der Waals surface area contributed by atoms with Gasteiger partial charge in [-0.25, -0.2) is 14.3 Å². The summed E-state index contributed by atoms with van der Waals surface area (Å²) in [6, 6.07) is 15.1. The van der Waals surface area contributed by atoms with Crippen LogP contribution in [-0.2, 0) is 21.3 Å². The molecule has 4 rings (SSSR count). The molecule has 0 spiro atoms. The lowest BCUT2D eigenvalue weighted by Crippen LogP contribution is -2.42. The van der Waals surface area contributed by atoms with Crippen LogP contribution >= 0.6 is 0 Å². The van der Waals surface area contributed by atoms with Gasteiger partial charge in [-0.2, -0.15) is 18.3 Å². The van der Waals surface area contributed by atoms with Crippen LogP contribution in [0.4, 0.5) is 13.2 Å². The van der Waals surface area contributed by atoms with Crippen LogP contribution in [0.2, 0.25) is 0 Å². The quantitative estimate of drug-likeness (QED) is 0.371. The number of hydrogen-bond donors (Lipinski definition) is 0. The van der Waals surface area contributed by atoms with Gasteiger partial charge in [0.2, 0.25) is 5.60 Å². The standard InChI is InChI=1S/C24H20F3N3O3/c1-3-32-22(31)23(2,33-18-7-5-4-6-8-18)20-13-14-28-21-19(15-29-30(20)21)16-9-11-17(12-10-16)24(25,26)27/h4-15H,3H2,1-2H3. The number of ether oxygens (including phenoxy) is 2. The molecule has 0 saturated heterocycles. The number of nitrogens with zero attached hydrogens (tertiary/aromatic N) is 3. The average molecular weight is 455 g/mol. The lowest BCUT2D eigenvalue weighted by Gasteiger charge is -2.28. The third kappa shape index (κ3) is 4.26. The molecule has 1 unspecified atom stereocenters. The van der Waals surface area contributed by atoms with E-state index in [9.17, 15) is 18.0 Å². The topological polar surface area (TPSA) is 65.7 Å². The van der Waals surface area contributed by atoms with Crippen LogP contribution in [0.25, 0.3) is 16.8 Å². The highest BCUT2D eigenvalue weighted by Crippen LogP contribution is 2.34. The van der Waals surface area contributed by atoms with Crippen molar-refractivity contribution in [3.05, 3.63) is 84.3 Å². The van der Waals surface area contributed by atoms with Crippen molar-refractivity contribution < 1.29 is 27.4 Å². The maximum absolute atomic E-state index is 13.0. The molecule has 9 heteroatoms. The van der Waals surface area contributed by atoms with Crippen LogP contribution in [0, 0.1) is 0 Å². The number of halogens is 3. The van der Waals surface area contributed by atoms with E-state index in [1.807, 2.05) is 6.07 Å². The summed E-state index contributed by atoms with van der Waals surface area (Å²) in [5.74, 6) is -0.166. The summed E-state index contributed by atoms with van der Waals surface area (Å²) in [5.41, 5.74) is -0.585. The van der Waals surface area contributed by atoms with Crippen molar-refractivity contribution in [2.45, 2.75) is 25.6 Å². The largest absolute Gasteiger partial charge is 0.469 e. The number of rotatable bonds is 6. The second-order valence-electron chi connectivity index (χ2n) is 7.37. The molecule has 170 valence electrons. The number of carbonyl (C=O) groups is 1. The normalized spacial score (nSPS) is 13.5. The Hall–Kier alpha value is -3.88. The van der Waals surface area contributed by atoms with Crippen molar-refractivity contribution in [1.82, 2.24) is 14.6 Å². The van der Waals surface area contributed by atoms with Crippen LogP contribution < -0.4 is 4.74 Å². The van der Waals surface area contributed by atoms with Crippen molar-refractivity contribution in [3.63, 3.8) is 0 Å². The maximum Gasteiger partial charge on any atom is 0.416 e. The lowest BCUT2D eigenvalue weighted by molar-refractivity contribution is -0.161. The third-order valence-electron chi connectivity index (χ3n) is 5.14. The van der Waals surface area contributed by atoms with Gasteiger partial charge < -0.3 is 9.47 Å². The van der Waals surface area contributed by atoms with Crippen molar-refractivity contribution in [1.29, 1.82) is 0 Å². The fraction of sp³-hybridized carbons (Fsp3) is 0.208. The van der Waals surface area contributed by atoms with Gasteiger partial charge in [0.25, 0.3) is 0 Å². The van der Waals surface area contributed by atoms with Gasteiger partial charge in [0, 0.05) is 11.8 Å². The van der Waals surface area contributed by atoms with E-state index >= 15 is 0 Å². The number of fused-ring (bicyclic) bond motifs is 1. The summed E-state index contributed by atoms with van der Waals surface area (Å²) in [4.78, 5) is 17.4. The third-order valence-corrected chi connectivity index (χ3v) is 5.14. The van der Waals surface area contributed by atoms with Crippen LogP contribution in [0.1, 0.15) is 25.1 Å². The average Bonchev–Trinajstić information content (AvgIpc) is 3.23. The van der Waals surface area contributed by atoms with Crippen molar-refractivity contribution in [3.8, 4) is 16.9 Å². The number of esters is 1. The molecular weight excluding hydrogens is 435 g/mol. The van der Waals surface area contributed by atoms with Crippen molar-refractivity contribution in [2.24, 2.45) is 0 Å². The Morgan fingerprint density at radius 2 is 1.73 bits per heavy atom. The number of benzene rings is 2. The summed E-state index contributed by atoms with van der Waals surface area (Å²) >= 11 is 0. The molecule has 0 aliphatic carbocycles. The molecule has 0 fully saturated rings. The Bertz CT molecular complexity index is 1270. The zero-order chi connectivity index (χ0) is 23.6. The van der Waals surface area contributed by atoms with Crippen LogP contribution in [0.15, 0.2) is 73.1 Å². The number of hydrogen-bond acceptors (Lipinski definition) is 5. The second-order valence-corrected chi connectivity index (χ2v) is 7.37. The minimum Gasteiger partial charge on any atom is -0.469 e. The molecule has 33 heavy (non-hydrogen) atoms. The molecular formula is C24H20F3N3O3. The van der Waals surface area contributed by atoms with Crippen molar-refractivity contribution in [2.75, 3.05) is 6.61 Å². The molecule has 0 amide bonds. The lowest BCUT2D eigenvalue weighted by atomic mass is 10.0. The predicted octanol–water partition coefficient (Wildman–Crippen LogP) is 5.27. The fourth-order valence-corrected chi connectivity index (χ4v) is 3.49. The van der Waals surface area contributed by atoms with E-state index in [0.717, 1.165) is 12.1 Å². The molecule has 1 atom stereocenters. The summed E-state index contributed by atoms with van der Waals surface area (Å²) < 4.78 is 51.6. The van der Waals surface area contributed by atoms with Gasteiger partial charge in [-0.3, -0.25) is 0 Å². The summed E-state index contributed by atoms with van der Waals surface area (Å²) in [5, 5.41) is 4.36. The Labute approximate surface area is 187 Å². The first-order valence-electron chi connectivity index (χ1n) is 10.2. The maximum atomic E-state index is 13.0. The second kappa shape index (κ2) is 8.57. The highest BCUT2D eigenvalue weighted by Gasteiger charge is 2.42. The van der Waals surface area contributed by atoms with Crippen LogP contribution in [0.3, 0.4) is 0 Å². The first kappa shape index (κ1) is 22.3. The Balaban J connectivity index is 1.81. The first-order valence-corrected chi connectivity index (χ1v) is 10.2. The van der Waals surface area contributed by atoms with E-state index in [4.69, 9.17) is 9.47 Å². The van der Waals surface area contributed by atoms with Gasteiger partial charge in [0.1, 0.15) is 11.4 Å². The van der Waals surface area contributed by atoms with Gasteiger partial charge in [0.05, 0.1) is 18.4 Å². The Morgan fingerprint density at radius 1 is 1.03 bits per heavy atom. The summed E-state index contributed by atoms with van der Waals surface area (Å²) in [7, 11) is 0. The molecule has 0 N–H and O–H groups in total. The monoisotopic (exact) mass is 455 g/mol. The van der Waals surface area contributed by atoms with E-state index < -0.39 is 23.3 Å². The van der Waals surface area contributed by atoms with Crippen molar-refractivity contribution >= 4 is 11.6 Å². The minimum atomic E-state index is -4.43. The molecule has 0 saturated carbocycles.